The first kappa shape index (κ1) is 22.2. The molecule has 0 saturated carbocycles. The standard InChI is InChI=1S/C23H25ClN2O3S/c1-3-17-4-8-19(9-5-17)23-26-21(16(2)29-23)14-30(28)15-22(27)25-13-12-18-6-10-20(24)11-7-18/h4-11H,3,12-15H2,1-2H3,(H,25,27)/t30-/m0/s1. The monoisotopic (exact) mass is 444 g/mol. The number of hydrogen-bond acceptors (Lipinski definition) is 4. The van der Waals surface area contributed by atoms with E-state index in [-0.39, 0.29) is 17.4 Å². The van der Waals surface area contributed by atoms with Crippen LogP contribution in [0.1, 0.15) is 29.5 Å². The first-order valence-electron chi connectivity index (χ1n) is 9.86. The number of aryl methyl sites for hydroxylation is 2. The van der Waals surface area contributed by atoms with Crippen molar-refractivity contribution in [3.63, 3.8) is 0 Å². The molecule has 0 bridgehead atoms. The van der Waals surface area contributed by atoms with Gasteiger partial charge in [-0.05, 0) is 55.2 Å². The third-order valence-electron chi connectivity index (χ3n) is 4.74. The highest BCUT2D eigenvalue weighted by molar-refractivity contribution is 7.84. The fourth-order valence-corrected chi connectivity index (χ4v) is 4.16. The van der Waals surface area contributed by atoms with Gasteiger partial charge in [-0.15, -0.1) is 0 Å². The first-order chi connectivity index (χ1) is 14.4. The van der Waals surface area contributed by atoms with Crippen molar-refractivity contribution in [2.24, 2.45) is 0 Å². The minimum Gasteiger partial charge on any atom is -0.441 e. The number of aromatic nitrogens is 1. The van der Waals surface area contributed by atoms with Crippen LogP contribution in [0.2, 0.25) is 5.02 Å². The Kier molecular flexibility index (Phi) is 7.82. The number of halogens is 1. The number of amides is 1. The van der Waals surface area contributed by atoms with Crippen LogP contribution in [0.4, 0.5) is 0 Å². The topological polar surface area (TPSA) is 72.2 Å². The van der Waals surface area contributed by atoms with E-state index in [1.165, 1.54) is 5.56 Å². The summed E-state index contributed by atoms with van der Waals surface area (Å²) in [6.07, 6.45) is 1.66. The minimum atomic E-state index is -1.36. The number of carbonyl (C=O) groups excluding carboxylic acids is 1. The van der Waals surface area contributed by atoms with Gasteiger partial charge in [0.15, 0.2) is 0 Å². The van der Waals surface area contributed by atoms with Crippen LogP contribution in [-0.4, -0.2) is 27.4 Å². The third kappa shape index (κ3) is 6.28. The van der Waals surface area contributed by atoms with Gasteiger partial charge in [0.25, 0.3) is 0 Å². The summed E-state index contributed by atoms with van der Waals surface area (Å²) < 4.78 is 18.2. The molecular weight excluding hydrogens is 420 g/mol. The molecule has 0 saturated heterocycles. The van der Waals surface area contributed by atoms with Gasteiger partial charge in [0.1, 0.15) is 11.5 Å². The Morgan fingerprint density at radius 1 is 1.10 bits per heavy atom. The molecule has 1 amide bonds. The quantitative estimate of drug-likeness (QED) is 0.528. The molecule has 0 unspecified atom stereocenters. The van der Waals surface area contributed by atoms with Gasteiger partial charge in [0.05, 0.1) is 11.4 Å². The van der Waals surface area contributed by atoms with E-state index in [9.17, 15) is 9.00 Å². The van der Waals surface area contributed by atoms with E-state index in [1.54, 1.807) is 6.92 Å². The Hall–Kier alpha value is -2.44. The molecule has 5 nitrogen and oxygen atoms in total. The molecule has 2 aromatic carbocycles. The number of hydrogen-bond donors (Lipinski definition) is 1. The number of nitrogens with zero attached hydrogens (tertiary/aromatic N) is 1. The SMILES string of the molecule is CCc1ccc(-c2nc(C[S@](=O)CC(=O)NCCc3ccc(Cl)cc3)c(C)o2)cc1. The fourth-order valence-electron chi connectivity index (χ4n) is 2.97. The predicted molar refractivity (Wildman–Crippen MR) is 121 cm³/mol. The molecule has 1 N–H and O–H groups in total. The van der Waals surface area contributed by atoms with E-state index < -0.39 is 10.8 Å². The lowest BCUT2D eigenvalue weighted by molar-refractivity contribution is -0.118. The van der Waals surface area contributed by atoms with Crippen molar-refractivity contribution in [2.75, 3.05) is 12.3 Å². The van der Waals surface area contributed by atoms with Gasteiger partial charge in [-0.3, -0.25) is 9.00 Å². The van der Waals surface area contributed by atoms with E-state index in [4.69, 9.17) is 16.0 Å². The molecule has 0 spiro atoms. The van der Waals surface area contributed by atoms with E-state index in [1.807, 2.05) is 48.5 Å². The molecule has 158 valence electrons. The summed E-state index contributed by atoms with van der Waals surface area (Å²) in [5.41, 5.74) is 3.83. The van der Waals surface area contributed by atoms with Gasteiger partial charge in [-0.25, -0.2) is 4.98 Å². The van der Waals surface area contributed by atoms with Gasteiger partial charge in [-0.2, -0.15) is 0 Å². The maximum Gasteiger partial charge on any atom is 0.232 e. The normalized spacial score (nSPS) is 12.0. The number of nitrogens with one attached hydrogen (secondary N) is 1. The molecule has 0 aliphatic heterocycles. The average molecular weight is 445 g/mol. The van der Waals surface area contributed by atoms with Crippen LogP contribution in [0.5, 0.6) is 0 Å². The van der Waals surface area contributed by atoms with Gasteiger partial charge in [0.2, 0.25) is 11.8 Å². The molecule has 3 rings (SSSR count). The Morgan fingerprint density at radius 3 is 2.43 bits per heavy atom. The lowest BCUT2D eigenvalue weighted by Gasteiger charge is -2.05. The van der Waals surface area contributed by atoms with Crippen LogP contribution in [-0.2, 0) is 34.2 Å². The summed E-state index contributed by atoms with van der Waals surface area (Å²) in [7, 11) is -1.36. The average Bonchev–Trinajstić information content (AvgIpc) is 3.09. The van der Waals surface area contributed by atoms with Crippen LogP contribution in [0.3, 0.4) is 0 Å². The van der Waals surface area contributed by atoms with Crippen LogP contribution in [0.25, 0.3) is 11.5 Å². The second-order valence-corrected chi connectivity index (χ2v) is 8.92. The number of rotatable bonds is 9. The van der Waals surface area contributed by atoms with E-state index in [0.29, 0.717) is 35.3 Å². The largest absolute Gasteiger partial charge is 0.441 e. The first-order valence-corrected chi connectivity index (χ1v) is 11.7. The summed E-state index contributed by atoms with van der Waals surface area (Å²) in [5.74, 6) is 1.02. The van der Waals surface area contributed by atoms with Crippen molar-refractivity contribution in [3.05, 3.63) is 76.1 Å². The molecule has 3 aromatic rings. The zero-order chi connectivity index (χ0) is 21.5. The van der Waals surface area contributed by atoms with Gasteiger partial charge in [-0.1, -0.05) is 42.8 Å². The molecule has 1 heterocycles. The third-order valence-corrected chi connectivity index (χ3v) is 6.17. The highest BCUT2D eigenvalue weighted by atomic mass is 35.5. The second-order valence-electron chi connectivity index (χ2n) is 7.03. The maximum absolute atomic E-state index is 12.4. The van der Waals surface area contributed by atoms with Gasteiger partial charge >= 0.3 is 0 Å². The van der Waals surface area contributed by atoms with Crippen molar-refractivity contribution in [2.45, 2.75) is 32.4 Å². The zero-order valence-corrected chi connectivity index (χ0v) is 18.7. The Balaban J connectivity index is 1.49. The molecule has 0 fully saturated rings. The van der Waals surface area contributed by atoms with Crippen LogP contribution >= 0.6 is 11.6 Å². The second kappa shape index (κ2) is 10.5. The molecule has 0 aliphatic carbocycles. The molecular formula is C23H25ClN2O3S. The molecule has 30 heavy (non-hydrogen) atoms. The Labute approximate surface area is 184 Å². The summed E-state index contributed by atoms with van der Waals surface area (Å²) in [6.45, 7) is 4.39. The Bertz CT molecular complexity index is 1010. The highest BCUT2D eigenvalue weighted by Crippen LogP contribution is 2.23. The number of carbonyl (C=O) groups is 1. The van der Waals surface area contributed by atoms with Crippen LogP contribution in [0, 0.1) is 6.92 Å². The summed E-state index contributed by atoms with van der Waals surface area (Å²) >= 11 is 5.86. The van der Waals surface area contributed by atoms with Crippen molar-refractivity contribution < 1.29 is 13.4 Å². The summed E-state index contributed by atoms with van der Waals surface area (Å²) in [6, 6.07) is 15.5. The predicted octanol–water partition coefficient (Wildman–Crippen LogP) is 4.47. The van der Waals surface area contributed by atoms with Crippen molar-refractivity contribution in [3.8, 4) is 11.5 Å². The van der Waals surface area contributed by atoms with Crippen molar-refractivity contribution >= 4 is 28.3 Å². The minimum absolute atomic E-state index is 0.0621. The van der Waals surface area contributed by atoms with E-state index >= 15 is 0 Å². The van der Waals surface area contributed by atoms with Crippen LogP contribution in [0.15, 0.2) is 52.9 Å². The van der Waals surface area contributed by atoms with Crippen molar-refractivity contribution in [1.82, 2.24) is 10.3 Å². The van der Waals surface area contributed by atoms with Crippen molar-refractivity contribution in [1.29, 1.82) is 0 Å². The van der Waals surface area contributed by atoms with Gasteiger partial charge < -0.3 is 9.73 Å². The van der Waals surface area contributed by atoms with E-state index in [2.05, 4.69) is 17.2 Å². The molecule has 1 atom stereocenters. The fraction of sp³-hybridized carbons (Fsp3) is 0.304. The zero-order valence-electron chi connectivity index (χ0n) is 17.1. The molecule has 0 radical (unpaired) electrons. The Morgan fingerprint density at radius 2 is 1.77 bits per heavy atom. The van der Waals surface area contributed by atoms with Crippen LogP contribution < -0.4 is 5.32 Å². The number of oxazole rings is 1. The van der Waals surface area contributed by atoms with E-state index in [0.717, 1.165) is 17.5 Å². The molecule has 0 aliphatic rings. The lowest BCUT2D eigenvalue weighted by atomic mass is 10.1. The smallest absolute Gasteiger partial charge is 0.232 e. The summed E-state index contributed by atoms with van der Waals surface area (Å²) in [4.78, 5) is 16.6. The summed E-state index contributed by atoms with van der Waals surface area (Å²) in [5, 5.41) is 3.49. The maximum atomic E-state index is 12.4. The molecule has 7 heteroatoms. The lowest BCUT2D eigenvalue weighted by Crippen LogP contribution is -2.30. The molecule has 1 aromatic heterocycles. The van der Waals surface area contributed by atoms with Gasteiger partial charge in [0, 0.05) is 27.9 Å². The number of benzene rings is 2. The highest BCUT2D eigenvalue weighted by Gasteiger charge is 2.16.